The molecule has 1 aliphatic rings. The molecule has 0 atom stereocenters. The lowest BCUT2D eigenvalue weighted by Crippen LogP contribution is -2.41. The minimum absolute atomic E-state index is 0. The molecule has 1 aromatic carbocycles. The van der Waals surface area contributed by atoms with Crippen molar-refractivity contribution >= 4 is 40.0 Å². The van der Waals surface area contributed by atoms with E-state index in [9.17, 15) is 8.42 Å². The highest BCUT2D eigenvalue weighted by molar-refractivity contribution is 14.0. The van der Waals surface area contributed by atoms with Crippen LogP contribution in [0, 0.1) is 0 Å². The molecule has 2 rings (SSSR count). The molecule has 1 aromatic rings. The van der Waals surface area contributed by atoms with Crippen molar-refractivity contribution in [3.05, 3.63) is 35.4 Å². The van der Waals surface area contributed by atoms with E-state index in [1.165, 1.54) is 32.7 Å². The molecule has 0 heterocycles. The zero-order valence-electron chi connectivity index (χ0n) is 14.2. The second kappa shape index (κ2) is 10.2. The molecular formula is C16H27IN4O2S. The molecule has 0 bridgehead atoms. The highest BCUT2D eigenvalue weighted by Gasteiger charge is 2.15. The normalized spacial score (nSPS) is 15.8. The summed E-state index contributed by atoms with van der Waals surface area (Å²) in [5.41, 5.74) is 1.81. The first-order valence-corrected chi connectivity index (χ1v) is 9.64. The SMILES string of the molecule is CN=C(NCc1cccc(CS(=O)(=O)NC)c1)NC1CCCC1.I. The van der Waals surface area contributed by atoms with E-state index >= 15 is 0 Å². The molecule has 24 heavy (non-hydrogen) atoms. The summed E-state index contributed by atoms with van der Waals surface area (Å²) in [6, 6.07) is 8.10. The monoisotopic (exact) mass is 466 g/mol. The maximum Gasteiger partial charge on any atom is 0.215 e. The average Bonchev–Trinajstić information content (AvgIpc) is 3.04. The minimum atomic E-state index is -3.25. The standard InChI is InChI=1S/C16H26N4O2S.HI/c1-17-16(20-15-8-3-4-9-15)19-11-13-6-5-7-14(10-13)12-23(21,22)18-2;/h5-7,10,15,18H,3-4,8-9,11-12H2,1-2H3,(H2,17,19,20);1H. The summed E-state index contributed by atoms with van der Waals surface area (Å²) in [5, 5.41) is 6.72. The molecule has 0 spiro atoms. The van der Waals surface area contributed by atoms with Crippen molar-refractivity contribution in [2.75, 3.05) is 14.1 Å². The van der Waals surface area contributed by atoms with E-state index in [0.717, 1.165) is 17.1 Å². The molecule has 0 aliphatic heterocycles. The third-order valence-electron chi connectivity index (χ3n) is 4.04. The van der Waals surface area contributed by atoms with Crippen molar-refractivity contribution in [3.8, 4) is 0 Å². The van der Waals surface area contributed by atoms with Crippen LogP contribution in [0.1, 0.15) is 36.8 Å². The zero-order chi connectivity index (χ0) is 16.7. The van der Waals surface area contributed by atoms with Crippen LogP contribution in [0.25, 0.3) is 0 Å². The van der Waals surface area contributed by atoms with Gasteiger partial charge in [-0.25, -0.2) is 13.1 Å². The number of rotatable bonds is 6. The van der Waals surface area contributed by atoms with Crippen LogP contribution in [-0.2, 0) is 22.3 Å². The van der Waals surface area contributed by atoms with E-state index in [1.54, 1.807) is 7.05 Å². The number of aliphatic imine (C=N–C) groups is 1. The maximum atomic E-state index is 11.6. The molecule has 6 nitrogen and oxygen atoms in total. The fourth-order valence-corrected chi connectivity index (χ4v) is 3.53. The lowest BCUT2D eigenvalue weighted by molar-refractivity contribution is 0.587. The largest absolute Gasteiger partial charge is 0.354 e. The van der Waals surface area contributed by atoms with Crippen LogP contribution in [0.3, 0.4) is 0 Å². The van der Waals surface area contributed by atoms with Crippen LogP contribution < -0.4 is 15.4 Å². The maximum absolute atomic E-state index is 11.6. The van der Waals surface area contributed by atoms with Gasteiger partial charge in [-0.2, -0.15) is 0 Å². The Morgan fingerprint density at radius 3 is 2.54 bits per heavy atom. The summed E-state index contributed by atoms with van der Waals surface area (Å²) in [6.07, 6.45) is 4.93. The number of nitrogens with zero attached hydrogens (tertiary/aromatic N) is 1. The fraction of sp³-hybridized carbons (Fsp3) is 0.562. The van der Waals surface area contributed by atoms with Gasteiger partial charge in [0.15, 0.2) is 5.96 Å². The number of nitrogens with one attached hydrogen (secondary N) is 3. The molecule has 0 unspecified atom stereocenters. The number of hydrogen-bond acceptors (Lipinski definition) is 3. The Labute approximate surface area is 162 Å². The zero-order valence-corrected chi connectivity index (χ0v) is 17.4. The first-order valence-electron chi connectivity index (χ1n) is 7.98. The van der Waals surface area contributed by atoms with E-state index in [4.69, 9.17) is 0 Å². The van der Waals surface area contributed by atoms with E-state index in [-0.39, 0.29) is 29.7 Å². The molecule has 8 heteroatoms. The Bertz CT molecular complexity index is 643. The van der Waals surface area contributed by atoms with Crippen molar-refractivity contribution in [2.24, 2.45) is 4.99 Å². The molecule has 0 saturated heterocycles. The lowest BCUT2D eigenvalue weighted by Gasteiger charge is -2.17. The van der Waals surface area contributed by atoms with E-state index in [2.05, 4.69) is 20.3 Å². The average molecular weight is 466 g/mol. The summed E-state index contributed by atoms with van der Waals surface area (Å²) < 4.78 is 25.6. The van der Waals surface area contributed by atoms with Crippen LogP contribution in [0.15, 0.2) is 29.3 Å². The molecule has 1 fully saturated rings. The van der Waals surface area contributed by atoms with Crippen LogP contribution in [0.2, 0.25) is 0 Å². The predicted octanol–water partition coefficient (Wildman–Crippen LogP) is 1.96. The topological polar surface area (TPSA) is 82.6 Å². The molecular weight excluding hydrogens is 439 g/mol. The van der Waals surface area contributed by atoms with Crippen LogP contribution >= 0.6 is 24.0 Å². The highest BCUT2D eigenvalue weighted by Crippen LogP contribution is 2.17. The van der Waals surface area contributed by atoms with Gasteiger partial charge in [-0.05, 0) is 31.0 Å². The summed E-state index contributed by atoms with van der Waals surface area (Å²) in [4.78, 5) is 4.25. The molecule has 1 saturated carbocycles. The van der Waals surface area contributed by atoms with Gasteiger partial charge in [-0.1, -0.05) is 37.1 Å². The first-order chi connectivity index (χ1) is 11.0. The molecule has 3 N–H and O–H groups in total. The quantitative estimate of drug-likeness (QED) is 0.340. The Morgan fingerprint density at radius 2 is 1.92 bits per heavy atom. The van der Waals surface area contributed by atoms with Crippen LogP contribution in [-0.4, -0.2) is 34.5 Å². The second-order valence-corrected chi connectivity index (χ2v) is 7.76. The van der Waals surface area contributed by atoms with Gasteiger partial charge in [0.25, 0.3) is 0 Å². The van der Waals surface area contributed by atoms with Gasteiger partial charge < -0.3 is 10.6 Å². The second-order valence-electron chi connectivity index (χ2n) is 5.83. The highest BCUT2D eigenvalue weighted by atomic mass is 127. The number of guanidine groups is 1. The smallest absolute Gasteiger partial charge is 0.215 e. The summed E-state index contributed by atoms with van der Waals surface area (Å²) in [7, 11) is -0.0534. The summed E-state index contributed by atoms with van der Waals surface area (Å²) in [6.45, 7) is 0.611. The van der Waals surface area contributed by atoms with Gasteiger partial charge in [0.1, 0.15) is 0 Å². The minimum Gasteiger partial charge on any atom is -0.354 e. The Hall–Kier alpha value is -0.870. The predicted molar refractivity (Wildman–Crippen MR) is 109 cm³/mol. The summed E-state index contributed by atoms with van der Waals surface area (Å²) in [5.74, 6) is 0.789. The van der Waals surface area contributed by atoms with Gasteiger partial charge in [0.05, 0.1) is 5.75 Å². The van der Waals surface area contributed by atoms with Gasteiger partial charge in [0.2, 0.25) is 10.0 Å². The van der Waals surface area contributed by atoms with Gasteiger partial charge >= 0.3 is 0 Å². The van der Waals surface area contributed by atoms with Crippen molar-refractivity contribution in [1.29, 1.82) is 0 Å². The van der Waals surface area contributed by atoms with Crippen LogP contribution in [0.4, 0.5) is 0 Å². The molecule has 0 radical (unpaired) electrons. The third-order valence-corrected chi connectivity index (χ3v) is 5.37. The molecule has 1 aliphatic carbocycles. The Kier molecular flexibility index (Phi) is 8.99. The molecule has 0 aromatic heterocycles. The number of hydrogen-bond donors (Lipinski definition) is 3. The first kappa shape index (κ1) is 21.2. The number of sulfonamides is 1. The van der Waals surface area contributed by atoms with Crippen molar-refractivity contribution in [2.45, 2.75) is 44.0 Å². The Morgan fingerprint density at radius 1 is 1.25 bits per heavy atom. The van der Waals surface area contributed by atoms with Gasteiger partial charge in [-0.15, -0.1) is 24.0 Å². The third kappa shape index (κ3) is 6.94. The number of halogens is 1. The van der Waals surface area contributed by atoms with Gasteiger partial charge in [-0.3, -0.25) is 4.99 Å². The molecule has 0 amide bonds. The van der Waals surface area contributed by atoms with E-state index < -0.39 is 10.0 Å². The Balaban J connectivity index is 0.00000288. The van der Waals surface area contributed by atoms with Crippen LogP contribution in [0.5, 0.6) is 0 Å². The fourth-order valence-electron chi connectivity index (χ4n) is 2.76. The number of benzene rings is 1. The lowest BCUT2D eigenvalue weighted by atomic mass is 10.1. The summed E-state index contributed by atoms with van der Waals surface area (Å²) >= 11 is 0. The van der Waals surface area contributed by atoms with Gasteiger partial charge in [0, 0.05) is 19.6 Å². The van der Waals surface area contributed by atoms with Crippen molar-refractivity contribution in [1.82, 2.24) is 15.4 Å². The van der Waals surface area contributed by atoms with E-state index in [0.29, 0.717) is 12.6 Å². The van der Waals surface area contributed by atoms with Crippen molar-refractivity contribution < 1.29 is 8.42 Å². The molecule has 136 valence electrons. The van der Waals surface area contributed by atoms with Crippen molar-refractivity contribution in [3.63, 3.8) is 0 Å². The van der Waals surface area contributed by atoms with E-state index in [1.807, 2.05) is 24.3 Å².